The molecule has 0 aromatic heterocycles. The second-order valence-corrected chi connectivity index (χ2v) is 5.01. The molecule has 2 aromatic rings. The molecule has 0 bridgehead atoms. The minimum Gasteiger partial charge on any atom is -0.192 e. The van der Waals surface area contributed by atoms with Crippen LogP contribution in [0.2, 0.25) is 0 Å². The molecule has 2 aromatic carbocycles. The van der Waals surface area contributed by atoms with Crippen LogP contribution in [0.15, 0.2) is 36.4 Å². The van der Waals surface area contributed by atoms with Crippen molar-refractivity contribution in [2.75, 3.05) is 0 Å². The van der Waals surface area contributed by atoms with Crippen LogP contribution in [0.3, 0.4) is 0 Å². The van der Waals surface area contributed by atoms with E-state index in [-0.39, 0.29) is 0 Å². The van der Waals surface area contributed by atoms with Gasteiger partial charge in [-0.15, -0.1) is 0 Å². The van der Waals surface area contributed by atoms with Gasteiger partial charge in [0.1, 0.15) is 0 Å². The summed E-state index contributed by atoms with van der Waals surface area (Å²) in [6.45, 7) is 4.11. The molecule has 0 aliphatic heterocycles. The number of nitriles is 2. The summed E-state index contributed by atoms with van der Waals surface area (Å²) in [6, 6.07) is 16.6. The van der Waals surface area contributed by atoms with Gasteiger partial charge in [0, 0.05) is 6.42 Å². The van der Waals surface area contributed by atoms with E-state index in [0.29, 0.717) is 6.42 Å². The molecule has 0 atom stereocenters. The van der Waals surface area contributed by atoms with E-state index in [1.165, 1.54) is 0 Å². The van der Waals surface area contributed by atoms with Gasteiger partial charge in [-0.25, -0.2) is 0 Å². The lowest BCUT2D eigenvalue weighted by Gasteiger charge is -2.11. The average Bonchev–Trinajstić information content (AvgIpc) is 2.54. The summed E-state index contributed by atoms with van der Waals surface area (Å²) in [5, 5.41) is 18.8. The van der Waals surface area contributed by atoms with E-state index in [2.05, 4.69) is 26.0 Å². The van der Waals surface area contributed by atoms with Gasteiger partial charge in [-0.05, 0) is 35.1 Å². The minimum absolute atomic E-state index is 0.632. The second kappa shape index (κ2) is 6.73. The van der Waals surface area contributed by atoms with Gasteiger partial charge in [0.2, 0.25) is 0 Å². The SMILES string of the molecule is CCc1cccc(Cc2cccc(CC)c2C#N)c1C#N. The van der Waals surface area contributed by atoms with Crippen molar-refractivity contribution in [1.29, 1.82) is 10.5 Å². The molecule has 0 unspecified atom stereocenters. The fourth-order valence-corrected chi connectivity index (χ4v) is 2.68. The van der Waals surface area contributed by atoms with Crippen molar-refractivity contribution in [1.82, 2.24) is 0 Å². The Kier molecular flexibility index (Phi) is 4.75. The Balaban J connectivity index is 2.50. The number of rotatable bonds is 4. The second-order valence-electron chi connectivity index (χ2n) is 5.01. The highest BCUT2D eigenvalue weighted by atomic mass is 14.3. The molecule has 0 fully saturated rings. The molecular formula is C19H18N2. The first-order valence-corrected chi connectivity index (χ1v) is 7.26. The molecule has 0 spiro atoms. The maximum Gasteiger partial charge on any atom is 0.0997 e. The van der Waals surface area contributed by atoms with Crippen LogP contribution in [0.5, 0.6) is 0 Å². The molecule has 2 heteroatoms. The Morgan fingerprint density at radius 2 is 1.10 bits per heavy atom. The van der Waals surface area contributed by atoms with Gasteiger partial charge < -0.3 is 0 Å². The van der Waals surface area contributed by atoms with Crippen molar-refractivity contribution in [3.8, 4) is 12.1 Å². The van der Waals surface area contributed by atoms with Crippen LogP contribution in [-0.4, -0.2) is 0 Å². The van der Waals surface area contributed by atoms with Gasteiger partial charge in [0.15, 0.2) is 0 Å². The highest BCUT2D eigenvalue weighted by molar-refractivity contribution is 5.51. The highest BCUT2D eigenvalue weighted by Crippen LogP contribution is 2.22. The van der Waals surface area contributed by atoms with Crippen molar-refractivity contribution in [2.24, 2.45) is 0 Å². The molecule has 0 amide bonds. The predicted octanol–water partition coefficient (Wildman–Crippen LogP) is 4.15. The van der Waals surface area contributed by atoms with Crippen LogP contribution in [-0.2, 0) is 19.3 Å². The molecule has 2 nitrogen and oxygen atoms in total. The van der Waals surface area contributed by atoms with Crippen molar-refractivity contribution >= 4 is 0 Å². The minimum atomic E-state index is 0.632. The van der Waals surface area contributed by atoms with Gasteiger partial charge in [-0.3, -0.25) is 0 Å². The maximum atomic E-state index is 9.42. The monoisotopic (exact) mass is 274 g/mol. The topological polar surface area (TPSA) is 47.6 Å². The van der Waals surface area contributed by atoms with E-state index in [0.717, 1.165) is 46.2 Å². The summed E-state index contributed by atoms with van der Waals surface area (Å²) in [4.78, 5) is 0. The molecule has 21 heavy (non-hydrogen) atoms. The quantitative estimate of drug-likeness (QED) is 0.841. The standard InChI is InChI=1S/C19H18N2/c1-3-14-7-5-9-16(18(14)12-20)11-17-10-6-8-15(4-2)19(17)13-21/h5-10H,3-4,11H2,1-2H3. The van der Waals surface area contributed by atoms with Crippen LogP contribution < -0.4 is 0 Å². The molecular weight excluding hydrogens is 256 g/mol. The zero-order chi connectivity index (χ0) is 15.2. The number of hydrogen-bond donors (Lipinski definition) is 0. The van der Waals surface area contributed by atoms with E-state index in [9.17, 15) is 10.5 Å². The third-order valence-corrected chi connectivity index (χ3v) is 3.84. The van der Waals surface area contributed by atoms with Gasteiger partial charge in [0.05, 0.1) is 23.3 Å². The Labute approximate surface area is 126 Å². The van der Waals surface area contributed by atoms with E-state index in [4.69, 9.17) is 0 Å². The molecule has 2 rings (SSSR count). The molecule has 0 saturated heterocycles. The van der Waals surface area contributed by atoms with Crippen LogP contribution >= 0.6 is 0 Å². The third-order valence-electron chi connectivity index (χ3n) is 3.84. The molecule has 0 aliphatic rings. The first-order valence-electron chi connectivity index (χ1n) is 7.26. The number of aryl methyl sites for hydroxylation is 2. The Morgan fingerprint density at radius 1 is 0.714 bits per heavy atom. The number of nitrogens with zero attached hydrogens (tertiary/aromatic N) is 2. The normalized spacial score (nSPS) is 9.90. The zero-order valence-electron chi connectivity index (χ0n) is 12.5. The summed E-state index contributed by atoms with van der Waals surface area (Å²) in [5.41, 5.74) is 5.65. The highest BCUT2D eigenvalue weighted by Gasteiger charge is 2.11. The fourth-order valence-electron chi connectivity index (χ4n) is 2.68. The van der Waals surface area contributed by atoms with Crippen LogP contribution in [0.4, 0.5) is 0 Å². The van der Waals surface area contributed by atoms with Gasteiger partial charge in [0.25, 0.3) is 0 Å². The van der Waals surface area contributed by atoms with Gasteiger partial charge >= 0.3 is 0 Å². The zero-order valence-corrected chi connectivity index (χ0v) is 12.5. The molecule has 0 saturated carbocycles. The Hall–Kier alpha value is -2.58. The molecule has 0 heterocycles. The molecule has 0 radical (unpaired) electrons. The van der Waals surface area contributed by atoms with Crippen LogP contribution in [0.25, 0.3) is 0 Å². The Morgan fingerprint density at radius 3 is 1.43 bits per heavy atom. The molecule has 0 aliphatic carbocycles. The van der Waals surface area contributed by atoms with E-state index >= 15 is 0 Å². The summed E-state index contributed by atoms with van der Waals surface area (Å²) >= 11 is 0. The largest absolute Gasteiger partial charge is 0.192 e. The lowest BCUT2D eigenvalue weighted by Crippen LogP contribution is -2.01. The maximum absolute atomic E-state index is 9.42. The van der Waals surface area contributed by atoms with Gasteiger partial charge in [-0.2, -0.15) is 10.5 Å². The van der Waals surface area contributed by atoms with E-state index in [1.54, 1.807) is 0 Å². The fraction of sp³-hybridized carbons (Fsp3) is 0.263. The van der Waals surface area contributed by atoms with Crippen molar-refractivity contribution < 1.29 is 0 Å². The van der Waals surface area contributed by atoms with E-state index < -0.39 is 0 Å². The van der Waals surface area contributed by atoms with Gasteiger partial charge in [-0.1, -0.05) is 50.2 Å². The summed E-state index contributed by atoms with van der Waals surface area (Å²) in [7, 11) is 0. The van der Waals surface area contributed by atoms with E-state index in [1.807, 2.05) is 36.4 Å². The lowest BCUT2D eigenvalue weighted by molar-refractivity contribution is 1.07. The molecule has 0 N–H and O–H groups in total. The van der Waals surface area contributed by atoms with Crippen molar-refractivity contribution in [3.05, 3.63) is 69.8 Å². The number of hydrogen-bond acceptors (Lipinski definition) is 2. The van der Waals surface area contributed by atoms with Crippen molar-refractivity contribution in [3.63, 3.8) is 0 Å². The average molecular weight is 274 g/mol. The summed E-state index contributed by atoms with van der Waals surface area (Å²) in [6.07, 6.45) is 2.32. The predicted molar refractivity (Wildman–Crippen MR) is 83.9 cm³/mol. The van der Waals surface area contributed by atoms with Crippen LogP contribution in [0, 0.1) is 22.7 Å². The third kappa shape index (κ3) is 2.96. The lowest BCUT2D eigenvalue weighted by atomic mass is 9.91. The first kappa shape index (κ1) is 14.8. The summed E-state index contributed by atoms with van der Waals surface area (Å²) in [5.74, 6) is 0. The van der Waals surface area contributed by atoms with Crippen LogP contribution in [0.1, 0.15) is 47.2 Å². The van der Waals surface area contributed by atoms with Crippen molar-refractivity contribution in [2.45, 2.75) is 33.1 Å². The smallest absolute Gasteiger partial charge is 0.0997 e. The number of benzene rings is 2. The molecule has 104 valence electrons. The Bertz CT molecular complexity index is 667. The summed E-state index contributed by atoms with van der Waals surface area (Å²) < 4.78 is 0. The first-order chi connectivity index (χ1) is 10.2.